The van der Waals surface area contributed by atoms with Gasteiger partial charge in [0.2, 0.25) is 0 Å². The second-order valence-electron chi connectivity index (χ2n) is 4.68. The zero-order valence-corrected chi connectivity index (χ0v) is 8.36. The molecule has 2 unspecified atom stereocenters. The predicted molar refractivity (Wildman–Crippen MR) is 50.0 cm³/mol. The Bertz CT molecular complexity index is 145. The van der Waals surface area contributed by atoms with E-state index in [1.165, 1.54) is 19.3 Å². The summed E-state index contributed by atoms with van der Waals surface area (Å²) in [5.74, 6) is 0.718. The van der Waals surface area contributed by atoms with E-state index in [9.17, 15) is 4.39 Å². The van der Waals surface area contributed by atoms with Crippen molar-refractivity contribution >= 4 is 0 Å². The highest BCUT2D eigenvalue weighted by atomic mass is 19.1. The van der Waals surface area contributed by atoms with E-state index in [0.717, 1.165) is 5.92 Å². The summed E-state index contributed by atoms with van der Waals surface area (Å²) in [7, 11) is 0. The van der Waals surface area contributed by atoms with Gasteiger partial charge < -0.3 is 5.32 Å². The molecular formula is C10H20FN. The molecule has 0 saturated heterocycles. The minimum absolute atomic E-state index is 0.282. The van der Waals surface area contributed by atoms with E-state index >= 15 is 0 Å². The highest BCUT2D eigenvalue weighted by molar-refractivity contribution is 4.87. The first-order chi connectivity index (χ1) is 5.55. The van der Waals surface area contributed by atoms with Crippen LogP contribution in [0.3, 0.4) is 0 Å². The van der Waals surface area contributed by atoms with Gasteiger partial charge in [-0.1, -0.05) is 13.3 Å². The first kappa shape index (κ1) is 9.97. The van der Waals surface area contributed by atoms with E-state index < -0.39 is 0 Å². The van der Waals surface area contributed by atoms with Gasteiger partial charge in [0, 0.05) is 11.6 Å². The molecule has 12 heavy (non-hydrogen) atoms. The molecule has 2 atom stereocenters. The quantitative estimate of drug-likeness (QED) is 0.691. The number of nitrogens with one attached hydrogen (secondary N) is 1. The van der Waals surface area contributed by atoms with Crippen LogP contribution in [-0.4, -0.2) is 18.3 Å². The molecule has 0 amide bonds. The Morgan fingerprint density at radius 3 is 2.50 bits per heavy atom. The van der Waals surface area contributed by atoms with Crippen LogP contribution >= 0.6 is 0 Å². The summed E-state index contributed by atoms with van der Waals surface area (Å²) in [6.45, 7) is 5.82. The fourth-order valence-corrected chi connectivity index (χ4v) is 1.90. The third kappa shape index (κ3) is 2.44. The number of hydrogen-bond donors (Lipinski definition) is 1. The van der Waals surface area contributed by atoms with Crippen LogP contribution in [0, 0.1) is 5.92 Å². The molecule has 0 heterocycles. The summed E-state index contributed by atoms with van der Waals surface area (Å²) >= 11 is 0. The van der Waals surface area contributed by atoms with Crippen LogP contribution in [0.15, 0.2) is 0 Å². The highest BCUT2D eigenvalue weighted by Gasteiger charge is 2.28. The third-order valence-corrected chi connectivity index (χ3v) is 2.77. The molecule has 0 aliphatic heterocycles. The summed E-state index contributed by atoms with van der Waals surface area (Å²) in [6.07, 6.45) is 3.80. The first-order valence-electron chi connectivity index (χ1n) is 4.89. The molecule has 1 N–H and O–H groups in total. The van der Waals surface area contributed by atoms with Crippen molar-refractivity contribution in [3.63, 3.8) is 0 Å². The fraction of sp³-hybridized carbons (Fsp3) is 1.00. The van der Waals surface area contributed by atoms with E-state index in [4.69, 9.17) is 0 Å². The Morgan fingerprint density at radius 1 is 1.42 bits per heavy atom. The molecule has 0 bridgehead atoms. The second-order valence-corrected chi connectivity index (χ2v) is 4.68. The number of alkyl halides is 1. The lowest BCUT2D eigenvalue weighted by Crippen LogP contribution is -2.48. The Labute approximate surface area is 74.7 Å². The van der Waals surface area contributed by atoms with Crippen LogP contribution in [0.2, 0.25) is 0 Å². The molecule has 1 saturated carbocycles. The highest BCUT2D eigenvalue weighted by Crippen LogP contribution is 2.26. The lowest BCUT2D eigenvalue weighted by atomic mass is 10.0. The molecule has 0 aromatic heterocycles. The Kier molecular flexibility index (Phi) is 3.10. The van der Waals surface area contributed by atoms with Crippen molar-refractivity contribution in [2.75, 3.05) is 6.67 Å². The van der Waals surface area contributed by atoms with Gasteiger partial charge in [0.15, 0.2) is 0 Å². The molecular weight excluding hydrogens is 153 g/mol. The van der Waals surface area contributed by atoms with E-state index in [1.807, 2.05) is 13.8 Å². The van der Waals surface area contributed by atoms with Gasteiger partial charge in [-0.25, -0.2) is 4.39 Å². The maximum absolute atomic E-state index is 12.5. The van der Waals surface area contributed by atoms with E-state index in [-0.39, 0.29) is 12.2 Å². The summed E-state index contributed by atoms with van der Waals surface area (Å²) < 4.78 is 12.5. The zero-order chi connectivity index (χ0) is 9.19. The lowest BCUT2D eigenvalue weighted by molar-refractivity contribution is 0.242. The van der Waals surface area contributed by atoms with Crippen LogP contribution in [0.4, 0.5) is 4.39 Å². The monoisotopic (exact) mass is 173 g/mol. The van der Waals surface area contributed by atoms with Gasteiger partial charge >= 0.3 is 0 Å². The summed E-state index contributed by atoms with van der Waals surface area (Å²) in [6, 6.07) is 0.538. The Balaban J connectivity index is 2.39. The van der Waals surface area contributed by atoms with Gasteiger partial charge in [-0.3, -0.25) is 0 Å². The zero-order valence-electron chi connectivity index (χ0n) is 8.36. The molecule has 1 fully saturated rings. The van der Waals surface area contributed by atoms with Crippen molar-refractivity contribution in [1.29, 1.82) is 0 Å². The van der Waals surface area contributed by atoms with Gasteiger partial charge in [-0.2, -0.15) is 0 Å². The van der Waals surface area contributed by atoms with Crippen LogP contribution in [-0.2, 0) is 0 Å². The molecule has 1 aliphatic rings. The van der Waals surface area contributed by atoms with Crippen LogP contribution in [0.1, 0.15) is 40.0 Å². The van der Waals surface area contributed by atoms with Crippen molar-refractivity contribution < 1.29 is 4.39 Å². The van der Waals surface area contributed by atoms with Crippen LogP contribution in [0.25, 0.3) is 0 Å². The van der Waals surface area contributed by atoms with Gasteiger partial charge in [-0.15, -0.1) is 0 Å². The van der Waals surface area contributed by atoms with Crippen molar-refractivity contribution in [2.24, 2.45) is 5.92 Å². The Morgan fingerprint density at radius 2 is 2.08 bits per heavy atom. The molecule has 1 nitrogen and oxygen atoms in total. The van der Waals surface area contributed by atoms with Crippen molar-refractivity contribution in [1.82, 2.24) is 5.32 Å². The SMILES string of the molecule is CC1CCCC1NC(C)(C)CF. The minimum Gasteiger partial charge on any atom is -0.306 e. The molecule has 1 aliphatic carbocycles. The van der Waals surface area contributed by atoms with Crippen molar-refractivity contribution in [3.05, 3.63) is 0 Å². The largest absolute Gasteiger partial charge is 0.306 e. The number of rotatable bonds is 3. The smallest absolute Gasteiger partial charge is 0.107 e. The van der Waals surface area contributed by atoms with Crippen molar-refractivity contribution in [2.45, 2.75) is 51.6 Å². The fourth-order valence-electron chi connectivity index (χ4n) is 1.90. The normalized spacial score (nSPS) is 31.0. The van der Waals surface area contributed by atoms with E-state index in [2.05, 4.69) is 12.2 Å². The molecule has 2 heteroatoms. The second kappa shape index (κ2) is 3.73. The molecule has 0 aromatic rings. The molecule has 1 rings (SSSR count). The standard InChI is InChI=1S/C10H20FN/c1-8-5-4-6-9(8)12-10(2,3)7-11/h8-9,12H,4-7H2,1-3H3. The maximum Gasteiger partial charge on any atom is 0.107 e. The average Bonchev–Trinajstić information content (AvgIpc) is 2.36. The van der Waals surface area contributed by atoms with Crippen molar-refractivity contribution in [3.8, 4) is 0 Å². The Hall–Kier alpha value is -0.110. The third-order valence-electron chi connectivity index (χ3n) is 2.77. The van der Waals surface area contributed by atoms with Crippen LogP contribution in [0.5, 0.6) is 0 Å². The summed E-state index contributed by atoms with van der Waals surface area (Å²) in [4.78, 5) is 0. The predicted octanol–water partition coefficient (Wildman–Crippen LogP) is 2.51. The first-order valence-corrected chi connectivity index (χ1v) is 4.89. The lowest BCUT2D eigenvalue weighted by Gasteiger charge is -2.29. The van der Waals surface area contributed by atoms with Gasteiger partial charge in [0.25, 0.3) is 0 Å². The average molecular weight is 173 g/mol. The van der Waals surface area contributed by atoms with E-state index in [1.54, 1.807) is 0 Å². The molecule has 0 spiro atoms. The van der Waals surface area contributed by atoms with Gasteiger partial charge in [0.1, 0.15) is 6.67 Å². The van der Waals surface area contributed by atoms with E-state index in [0.29, 0.717) is 6.04 Å². The summed E-state index contributed by atoms with van der Waals surface area (Å²) in [5.41, 5.74) is -0.330. The molecule has 72 valence electrons. The number of hydrogen-bond acceptors (Lipinski definition) is 1. The topological polar surface area (TPSA) is 12.0 Å². The van der Waals surface area contributed by atoms with Gasteiger partial charge in [-0.05, 0) is 32.6 Å². The van der Waals surface area contributed by atoms with Crippen LogP contribution < -0.4 is 5.32 Å². The molecule has 0 radical (unpaired) electrons. The summed E-state index contributed by atoms with van der Waals surface area (Å²) in [5, 5.41) is 3.38. The number of halogens is 1. The van der Waals surface area contributed by atoms with Gasteiger partial charge in [0.05, 0.1) is 0 Å². The maximum atomic E-state index is 12.5. The molecule has 0 aromatic carbocycles. The minimum atomic E-state index is -0.330.